The van der Waals surface area contributed by atoms with Crippen molar-refractivity contribution in [3.63, 3.8) is 0 Å². The Hall–Kier alpha value is -1.72. The molecule has 3 heterocycles. The number of nitrogens with zero attached hydrogens (tertiary/aromatic N) is 2. The Morgan fingerprint density at radius 2 is 1.83 bits per heavy atom. The minimum atomic E-state index is 0.321. The zero-order valence-electron chi connectivity index (χ0n) is 9.75. The fourth-order valence-electron chi connectivity index (χ4n) is 1.71. The Bertz CT molecular complexity index is 671. The molecule has 2 N–H and O–H groups in total. The van der Waals surface area contributed by atoms with Gasteiger partial charge in [0, 0.05) is 4.88 Å². The second-order valence-corrected chi connectivity index (χ2v) is 6.12. The molecule has 0 spiro atoms. The van der Waals surface area contributed by atoms with Crippen LogP contribution < -0.4 is 5.73 Å². The summed E-state index contributed by atoms with van der Waals surface area (Å²) in [5.41, 5.74) is 7.58. The highest BCUT2D eigenvalue weighted by atomic mass is 32.1. The van der Waals surface area contributed by atoms with Crippen LogP contribution in [0.4, 0.5) is 5.95 Å². The Morgan fingerprint density at radius 3 is 2.44 bits per heavy atom. The maximum Gasteiger partial charge on any atom is 0.221 e. The second kappa shape index (κ2) is 4.51. The van der Waals surface area contributed by atoms with Crippen molar-refractivity contribution in [1.82, 2.24) is 9.97 Å². The van der Waals surface area contributed by atoms with Crippen molar-refractivity contribution in [3.8, 4) is 21.1 Å². The van der Waals surface area contributed by atoms with E-state index in [1.165, 1.54) is 4.88 Å². The smallest absolute Gasteiger partial charge is 0.221 e. The zero-order valence-corrected chi connectivity index (χ0v) is 11.4. The molecule has 0 radical (unpaired) electrons. The molecule has 3 nitrogen and oxygen atoms in total. The van der Waals surface area contributed by atoms with E-state index < -0.39 is 0 Å². The normalized spacial score (nSPS) is 10.7. The van der Waals surface area contributed by atoms with E-state index >= 15 is 0 Å². The first-order valence-corrected chi connectivity index (χ1v) is 7.17. The van der Waals surface area contributed by atoms with E-state index in [2.05, 4.69) is 29.0 Å². The number of nitrogens with two attached hydrogens (primary N) is 1. The first kappa shape index (κ1) is 11.4. The van der Waals surface area contributed by atoms with Gasteiger partial charge in [0.05, 0.1) is 21.1 Å². The average molecular weight is 273 g/mol. The molecule has 3 aromatic heterocycles. The van der Waals surface area contributed by atoms with Crippen LogP contribution in [0.3, 0.4) is 0 Å². The van der Waals surface area contributed by atoms with Gasteiger partial charge in [0.2, 0.25) is 5.95 Å². The highest BCUT2D eigenvalue weighted by Gasteiger charge is 2.08. The monoisotopic (exact) mass is 273 g/mol. The Balaban J connectivity index is 2.11. The van der Waals surface area contributed by atoms with Crippen LogP contribution in [0.25, 0.3) is 21.1 Å². The predicted octanol–water partition coefficient (Wildman–Crippen LogP) is 3.82. The number of aryl methyl sites for hydroxylation is 1. The molecule has 0 saturated heterocycles. The van der Waals surface area contributed by atoms with E-state index in [0.29, 0.717) is 5.95 Å². The molecule has 3 rings (SSSR count). The molecule has 0 aromatic carbocycles. The summed E-state index contributed by atoms with van der Waals surface area (Å²) in [6.07, 6.45) is 0. The van der Waals surface area contributed by atoms with Crippen LogP contribution in [0.15, 0.2) is 35.7 Å². The van der Waals surface area contributed by atoms with Gasteiger partial charge in [-0.05, 0) is 36.6 Å². The van der Waals surface area contributed by atoms with Crippen molar-refractivity contribution >= 4 is 28.6 Å². The largest absolute Gasteiger partial charge is 0.368 e. The van der Waals surface area contributed by atoms with Crippen molar-refractivity contribution in [1.29, 1.82) is 0 Å². The molecular weight excluding hydrogens is 262 g/mol. The van der Waals surface area contributed by atoms with Crippen molar-refractivity contribution in [2.24, 2.45) is 0 Å². The third-order valence-corrected chi connectivity index (χ3v) is 4.43. The van der Waals surface area contributed by atoms with Crippen LogP contribution in [0.1, 0.15) is 4.88 Å². The molecular formula is C13H11N3S2. The molecule has 0 atom stereocenters. The van der Waals surface area contributed by atoms with E-state index in [1.807, 2.05) is 23.6 Å². The predicted molar refractivity (Wildman–Crippen MR) is 77.8 cm³/mol. The van der Waals surface area contributed by atoms with Gasteiger partial charge in [0.25, 0.3) is 0 Å². The van der Waals surface area contributed by atoms with E-state index in [1.54, 1.807) is 22.7 Å². The molecule has 0 aliphatic carbocycles. The first-order valence-electron chi connectivity index (χ1n) is 5.47. The molecule has 0 bridgehead atoms. The van der Waals surface area contributed by atoms with Crippen molar-refractivity contribution in [2.45, 2.75) is 6.92 Å². The lowest BCUT2D eigenvalue weighted by Gasteiger charge is -2.02. The summed E-state index contributed by atoms with van der Waals surface area (Å²) in [6.45, 7) is 2.08. The molecule has 5 heteroatoms. The second-order valence-electron chi connectivity index (χ2n) is 3.88. The topological polar surface area (TPSA) is 51.8 Å². The number of thiophene rings is 2. The molecule has 3 aromatic rings. The van der Waals surface area contributed by atoms with Gasteiger partial charge in [-0.3, -0.25) is 0 Å². The van der Waals surface area contributed by atoms with Crippen molar-refractivity contribution < 1.29 is 0 Å². The van der Waals surface area contributed by atoms with Crippen LogP contribution in [0.2, 0.25) is 0 Å². The van der Waals surface area contributed by atoms with E-state index in [-0.39, 0.29) is 0 Å². The standard InChI is InChI=1S/C13H11N3S2/c1-8-4-5-12(18-8)10-7-9(15-13(14)16-10)11-3-2-6-17-11/h2-7H,1H3,(H2,14,15,16). The quantitative estimate of drug-likeness (QED) is 0.772. The van der Waals surface area contributed by atoms with Gasteiger partial charge in [-0.1, -0.05) is 6.07 Å². The summed E-state index contributed by atoms with van der Waals surface area (Å²) < 4.78 is 0. The minimum Gasteiger partial charge on any atom is -0.368 e. The van der Waals surface area contributed by atoms with Gasteiger partial charge < -0.3 is 5.73 Å². The zero-order chi connectivity index (χ0) is 12.5. The Morgan fingerprint density at radius 1 is 1.06 bits per heavy atom. The van der Waals surface area contributed by atoms with Crippen molar-refractivity contribution in [2.75, 3.05) is 5.73 Å². The number of aromatic nitrogens is 2. The van der Waals surface area contributed by atoms with Crippen LogP contribution in [-0.4, -0.2) is 9.97 Å². The van der Waals surface area contributed by atoms with Crippen LogP contribution in [-0.2, 0) is 0 Å². The number of hydrogen-bond acceptors (Lipinski definition) is 5. The lowest BCUT2D eigenvalue weighted by Crippen LogP contribution is -1.97. The van der Waals surface area contributed by atoms with Gasteiger partial charge in [-0.2, -0.15) is 0 Å². The van der Waals surface area contributed by atoms with E-state index in [4.69, 9.17) is 5.73 Å². The number of hydrogen-bond donors (Lipinski definition) is 1. The molecule has 0 saturated carbocycles. The molecule has 90 valence electrons. The molecule has 0 aliphatic rings. The van der Waals surface area contributed by atoms with Crippen LogP contribution >= 0.6 is 22.7 Å². The molecule has 0 amide bonds. The SMILES string of the molecule is Cc1ccc(-c2cc(-c3cccs3)nc(N)n2)s1. The van der Waals surface area contributed by atoms with Gasteiger partial charge in [-0.25, -0.2) is 9.97 Å². The highest BCUT2D eigenvalue weighted by molar-refractivity contribution is 7.15. The van der Waals surface area contributed by atoms with Gasteiger partial charge in [-0.15, -0.1) is 22.7 Å². The van der Waals surface area contributed by atoms with E-state index in [0.717, 1.165) is 21.1 Å². The number of nitrogen functional groups attached to an aromatic ring is 1. The van der Waals surface area contributed by atoms with Gasteiger partial charge >= 0.3 is 0 Å². The summed E-state index contributed by atoms with van der Waals surface area (Å²) in [6, 6.07) is 10.2. The number of rotatable bonds is 2. The average Bonchev–Trinajstić information content (AvgIpc) is 2.98. The summed E-state index contributed by atoms with van der Waals surface area (Å²) >= 11 is 3.36. The van der Waals surface area contributed by atoms with E-state index in [9.17, 15) is 0 Å². The molecule has 18 heavy (non-hydrogen) atoms. The first-order chi connectivity index (χ1) is 8.72. The Kier molecular flexibility index (Phi) is 2.85. The third kappa shape index (κ3) is 2.14. The summed E-state index contributed by atoms with van der Waals surface area (Å²) in [5, 5.41) is 2.03. The lowest BCUT2D eigenvalue weighted by atomic mass is 10.2. The van der Waals surface area contributed by atoms with Crippen LogP contribution in [0, 0.1) is 6.92 Å². The maximum atomic E-state index is 5.80. The summed E-state index contributed by atoms with van der Waals surface area (Å²) in [4.78, 5) is 12.1. The number of anilines is 1. The fraction of sp³-hybridized carbons (Fsp3) is 0.0769. The van der Waals surface area contributed by atoms with Gasteiger partial charge in [0.1, 0.15) is 0 Å². The van der Waals surface area contributed by atoms with Gasteiger partial charge in [0.15, 0.2) is 0 Å². The summed E-state index contributed by atoms with van der Waals surface area (Å²) in [5.74, 6) is 0.321. The molecule has 0 unspecified atom stereocenters. The molecule has 0 aliphatic heterocycles. The fourth-order valence-corrected chi connectivity index (χ4v) is 3.23. The van der Waals surface area contributed by atoms with Crippen molar-refractivity contribution in [3.05, 3.63) is 40.6 Å². The van der Waals surface area contributed by atoms with Crippen LogP contribution in [0.5, 0.6) is 0 Å². The maximum absolute atomic E-state index is 5.80. The molecule has 0 fully saturated rings. The summed E-state index contributed by atoms with van der Waals surface area (Å²) in [7, 11) is 0. The lowest BCUT2D eigenvalue weighted by molar-refractivity contribution is 1.20. The Labute approximate surface area is 113 Å². The third-order valence-electron chi connectivity index (χ3n) is 2.51. The minimum absolute atomic E-state index is 0.321. The highest BCUT2D eigenvalue weighted by Crippen LogP contribution is 2.30.